The Balaban J connectivity index is 1.70. The summed E-state index contributed by atoms with van der Waals surface area (Å²) >= 11 is 1.57. The van der Waals surface area contributed by atoms with Gasteiger partial charge in [-0.2, -0.15) is 5.10 Å². The van der Waals surface area contributed by atoms with E-state index in [9.17, 15) is 9.90 Å². The summed E-state index contributed by atoms with van der Waals surface area (Å²) in [5.74, 6) is 0.185. The van der Waals surface area contributed by atoms with Crippen LogP contribution in [0.15, 0.2) is 35.7 Å². The number of phenols is 1. The highest BCUT2D eigenvalue weighted by Crippen LogP contribution is 2.37. The van der Waals surface area contributed by atoms with E-state index in [2.05, 4.69) is 15.5 Å². The number of amides is 1. The number of benzene rings is 1. The Morgan fingerprint density at radius 1 is 1.28 bits per heavy atom. The number of H-pyrrole nitrogens is 1. The zero-order valence-electron chi connectivity index (χ0n) is 13.7. The van der Waals surface area contributed by atoms with Crippen LogP contribution in [-0.4, -0.2) is 35.4 Å². The molecule has 0 bridgehead atoms. The van der Waals surface area contributed by atoms with E-state index in [0.29, 0.717) is 5.69 Å². The Bertz CT molecular complexity index is 849. The number of rotatable bonds is 6. The molecule has 1 aromatic carbocycles. The number of hydrogen-bond donors (Lipinski definition) is 3. The Morgan fingerprint density at radius 2 is 2.00 bits per heavy atom. The van der Waals surface area contributed by atoms with Crippen LogP contribution in [0.2, 0.25) is 0 Å². The summed E-state index contributed by atoms with van der Waals surface area (Å²) in [7, 11) is 2.90. The Hall–Kier alpha value is -3.00. The van der Waals surface area contributed by atoms with Gasteiger partial charge in [0, 0.05) is 6.54 Å². The van der Waals surface area contributed by atoms with Crippen LogP contribution in [0.3, 0.4) is 0 Å². The first-order chi connectivity index (χ1) is 12.1. The molecule has 7 nitrogen and oxygen atoms in total. The van der Waals surface area contributed by atoms with Crippen molar-refractivity contribution in [3.63, 3.8) is 0 Å². The van der Waals surface area contributed by atoms with Gasteiger partial charge in [0.2, 0.25) is 5.75 Å². The second kappa shape index (κ2) is 7.27. The summed E-state index contributed by atoms with van der Waals surface area (Å²) in [5.41, 5.74) is 1.84. The van der Waals surface area contributed by atoms with Crippen LogP contribution >= 0.6 is 11.3 Å². The fourth-order valence-electron chi connectivity index (χ4n) is 2.32. The number of methoxy groups -OCH3 is 2. The largest absolute Gasteiger partial charge is 0.502 e. The molecular formula is C17H17N3O4S. The molecule has 0 fully saturated rings. The van der Waals surface area contributed by atoms with E-state index >= 15 is 0 Å². The second-order valence-electron chi connectivity index (χ2n) is 5.18. The lowest BCUT2D eigenvalue weighted by atomic mass is 10.1. The molecule has 25 heavy (non-hydrogen) atoms. The van der Waals surface area contributed by atoms with Gasteiger partial charge in [0.05, 0.1) is 24.8 Å². The lowest BCUT2D eigenvalue weighted by Gasteiger charge is -2.11. The number of aromatic nitrogens is 2. The normalized spacial score (nSPS) is 10.5. The number of hydrogen-bond acceptors (Lipinski definition) is 6. The van der Waals surface area contributed by atoms with Gasteiger partial charge in [-0.3, -0.25) is 9.89 Å². The van der Waals surface area contributed by atoms with Crippen molar-refractivity contribution in [1.82, 2.24) is 15.5 Å². The first kappa shape index (κ1) is 16.8. The standard InChI is InChI=1S/C17H17N3O4S/c1-23-13-6-10(7-14(24-2)16(13)21)9-18-17(22)12-8-11(19-20-12)15-4-3-5-25-15/h3-8,21H,9H2,1-2H3,(H,18,22)(H,19,20). The first-order valence-electron chi connectivity index (χ1n) is 7.43. The number of ether oxygens (including phenoxy) is 2. The summed E-state index contributed by atoms with van der Waals surface area (Å²) in [4.78, 5) is 13.3. The van der Waals surface area contributed by atoms with Crippen molar-refractivity contribution in [2.24, 2.45) is 0 Å². The quantitative estimate of drug-likeness (QED) is 0.629. The van der Waals surface area contributed by atoms with Gasteiger partial charge in [-0.05, 0) is 35.2 Å². The van der Waals surface area contributed by atoms with Gasteiger partial charge in [0.25, 0.3) is 5.91 Å². The van der Waals surface area contributed by atoms with E-state index in [0.717, 1.165) is 16.1 Å². The number of carbonyl (C=O) groups is 1. The Kier molecular flexibility index (Phi) is 4.90. The predicted molar refractivity (Wildman–Crippen MR) is 94.3 cm³/mol. The molecule has 3 rings (SSSR count). The number of nitrogens with one attached hydrogen (secondary N) is 2. The maximum absolute atomic E-state index is 12.3. The van der Waals surface area contributed by atoms with Gasteiger partial charge in [0.1, 0.15) is 0 Å². The highest BCUT2D eigenvalue weighted by Gasteiger charge is 2.14. The predicted octanol–water partition coefficient (Wildman–Crippen LogP) is 2.79. The van der Waals surface area contributed by atoms with Gasteiger partial charge >= 0.3 is 0 Å². The molecule has 0 saturated heterocycles. The van der Waals surface area contributed by atoms with Crippen molar-refractivity contribution in [2.45, 2.75) is 6.54 Å². The van der Waals surface area contributed by atoms with Crippen molar-refractivity contribution < 1.29 is 19.4 Å². The first-order valence-corrected chi connectivity index (χ1v) is 8.31. The van der Waals surface area contributed by atoms with Crippen LogP contribution < -0.4 is 14.8 Å². The molecule has 130 valence electrons. The van der Waals surface area contributed by atoms with E-state index in [1.807, 2.05) is 17.5 Å². The van der Waals surface area contributed by atoms with Crippen molar-refractivity contribution in [3.05, 3.63) is 47.0 Å². The highest BCUT2D eigenvalue weighted by atomic mass is 32.1. The molecule has 3 aromatic rings. The van der Waals surface area contributed by atoms with Crippen LogP contribution in [-0.2, 0) is 6.54 Å². The summed E-state index contributed by atoms with van der Waals surface area (Å²) in [6.45, 7) is 0.243. The molecule has 0 radical (unpaired) electrons. The van der Waals surface area contributed by atoms with Gasteiger partial charge in [-0.25, -0.2) is 0 Å². The van der Waals surface area contributed by atoms with Crippen molar-refractivity contribution in [2.75, 3.05) is 14.2 Å². The third kappa shape index (κ3) is 3.58. The molecule has 0 aliphatic heterocycles. The summed E-state index contributed by atoms with van der Waals surface area (Å²) in [6, 6.07) is 8.87. The summed E-state index contributed by atoms with van der Waals surface area (Å²) < 4.78 is 10.2. The molecule has 2 heterocycles. The topological polar surface area (TPSA) is 96.5 Å². The van der Waals surface area contributed by atoms with E-state index in [1.54, 1.807) is 29.5 Å². The maximum atomic E-state index is 12.3. The minimum absolute atomic E-state index is 0.0760. The van der Waals surface area contributed by atoms with E-state index in [-0.39, 0.29) is 29.7 Å². The number of phenolic OH excluding ortho intramolecular Hbond substituents is 1. The number of thiophene rings is 1. The molecule has 0 atom stereocenters. The highest BCUT2D eigenvalue weighted by molar-refractivity contribution is 7.13. The lowest BCUT2D eigenvalue weighted by molar-refractivity contribution is 0.0946. The van der Waals surface area contributed by atoms with Gasteiger partial charge in [-0.15, -0.1) is 11.3 Å². The van der Waals surface area contributed by atoms with Crippen LogP contribution in [0.1, 0.15) is 16.1 Å². The molecule has 0 aliphatic carbocycles. The molecule has 3 N–H and O–H groups in total. The zero-order valence-corrected chi connectivity index (χ0v) is 14.5. The fourth-order valence-corrected chi connectivity index (χ4v) is 3.01. The summed E-state index contributed by atoms with van der Waals surface area (Å²) in [5, 5.41) is 21.6. The Morgan fingerprint density at radius 3 is 2.60 bits per heavy atom. The molecule has 1 amide bonds. The van der Waals surface area contributed by atoms with Crippen molar-refractivity contribution >= 4 is 17.2 Å². The van der Waals surface area contributed by atoms with Crippen LogP contribution in [0, 0.1) is 0 Å². The van der Waals surface area contributed by atoms with Crippen LogP contribution in [0.25, 0.3) is 10.6 Å². The number of nitrogens with zero attached hydrogens (tertiary/aromatic N) is 1. The molecule has 0 aliphatic rings. The minimum atomic E-state index is -0.301. The van der Waals surface area contributed by atoms with E-state index in [4.69, 9.17) is 9.47 Å². The molecular weight excluding hydrogens is 342 g/mol. The van der Waals surface area contributed by atoms with Crippen molar-refractivity contribution in [1.29, 1.82) is 0 Å². The van der Waals surface area contributed by atoms with E-state index < -0.39 is 0 Å². The number of aromatic amines is 1. The second-order valence-corrected chi connectivity index (χ2v) is 6.12. The number of aromatic hydroxyl groups is 1. The molecule has 0 saturated carbocycles. The SMILES string of the molecule is COc1cc(CNC(=O)c2cc(-c3cccs3)[nH]n2)cc(OC)c1O. The molecule has 2 aromatic heterocycles. The smallest absolute Gasteiger partial charge is 0.272 e. The van der Waals surface area contributed by atoms with Gasteiger partial charge < -0.3 is 19.9 Å². The average molecular weight is 359 g/mol. The van der Waals surface area contributed by atoms with Crippen LogP contribution in [0.4, 0.5) is 0 Å². The monoisotopic (exact) mass is 359 g/mol. The lowest BCUT2D eigenvalue weighted by Crippen LogP contribution is -2.23. The van der Waals surface area contributed by atoms with E-state index in [1.165, 1.54) is 14.2 Å². The third-order valence-corrected chi connectivity index (χ3v) is 4.49. The minimum Gasteiger partial charge on any atom is -0.502 e. The van der Waals surface area contributed by atoms with Gasteiger partial charge in [0.15, 0.2) is 17.2 Å². The Labute approximate surface area is 148 Å². The number of carbonyl (C=O) groups excluding carboxylic acids is 1. The van der Waals surface area contributed by atoms with Crippen molar-refractivity contribution in [3.8, 4) is 27.8 Å². The molecule has 8 heteroatoms. The zero-order chi connectivity index (χ0) is 17.8. The molecule has 0 unspecified atom stereocenters. The third-order valence-electron chi connectivity index (χ3n) is 3.59. The molecule has 0 spiro atoms. The summed E-state index contributed by atoms with van der Waals surface area (Å²) in [6.07, 6.45) is 0. The van der Waals surface area contributed by atoms with Crippen LogP contribution in [0.5, 0.6) is 17.2 Å². The average Bonchev–Trinajstić information content (AvgIpc) is 3.31. The van der Waals surface area contributed by atoms with Gasteiger partial charge in [-0.1, -0.05) is 6.07 Å². The maximum Gasteiger partial charge on any atom is 0.272 e. The fraction of sp³-hybridized carbons (Fsp3) is 0.176.